The number of hydrogen-bond acceptors (Lipinski definition) is 9. The molecule has 0 aromatic rings. The van der Waals surface area contributed by atoms with Crippen molar-refractivity contribution in [2.24, 2.45) is 5.41 Å². The van der Waals surface area contributed by atoms with Crippen molar-refractivity contribution in [3.8, 4) is 0 Å². The predicted molar refractivity (Wildman–Crippen MR) is 91.8 cm³/mol. The van der Waals surface area contributed by atoms with Crippen LogP contribution in [-0.4, -0.2) is 72.7 Å². The third-order valence-electron chi connectivity index (χ3n) is 2.94. The number of rotatable bonds is 14. The van der Waals surface area contributed by atoms with Crippen molar-refractivity contribution >= 4 is 29.7 Å². The molecule has 0 fully saturated rings. The minimum atomic E-state index is -1.29. The zero-order chi connectivity index (χ0) is 19.1. The maximum absolute atomic E-state index is 11.7. The van der Waals surface area contributed by atoms with E-state index in [9.17, 15) is 19.5 Å². The summed E-state index contributed by atoms with van der Waals surface area (Å²) in [5.74, 6) is -0.974. The highest BCUT2D eigenvalue weighted by molar-refractivity contribution is 7.99. The van der Waals surface area contributed by atoms with Crippen LogP contribution in [-0.2, 0) is 28.6 Å². The van der Waals surface area contributed by atoms with Crippen molar-refractivity contribution in [3.63, 3.8) is 0 Å². The Bertz CT molecular complexity index is 439. The van der Waals surface area contributed by atoms with Gasteiger partial charge in [0.25, 0.3) is 0 Å². The van der Waals surface area contributed by atoms with Gasteiger partial charge in [-0.2, -0.15) is 11.8 Å². The maximum Gasteiger partial charge on any atom is 0.330 e. The molecule has 0 unspecified atom stereocenters. The first-order chi connectivity index (χ1) is 11.9. The molecule has 0 rings (SSSR count). The molecular formula is C16H24O8S. The van der Waals surface area contributed by atoms with Gasteiger partial charge >= 0.3 is 17.9 Å². The maximum atomic E-state index is 11.7. The van der Waals surface area contributed by atoms with Gasteiger partial charge in [0, 0.05) is 23.7 Å². The van der Waals surface area contributed by atoms with Gasteiger partial charge in [-0.05, 0) is 0 Å². The van der Waals surface area contributed by atoms with Gasteiger partial charge in [0.2, 0.25) is 0 Å². The number of thioether (sulfide) groups is 1. The molecule has 0 bridgehead atoms. The highest BCUT2D eigenvalue weighted by Gasteiger charge is 2.35. The summed E-state index contributed by atoms with van der Waals surface area (Å²) in [6.07, 6.45) is 2.01. The van der Waals surface area contributed by atoms with Crippen molar-refractivity contribution in [3.05, 3.63) is 25.3 Å². The topological polar surface area (TPSA) is 119 Å². The van der Waals surface area contributed by atoms with Crippen LogP contribution >= 0.6 is 11.8 Å². The lowest BCUT2D eigenvalue weighted by Gasteiger charge is -2.29. The van der Waals surface area contributed by atoms with Crippen LogP contribution in [0.2, 0.25) is 0 Å². The highest BCUT2D eigenvalue weighted by atomic mass is 32.2. The summed E-state index contributed by atoms with van der Waals surface area (Å²) in [5, 5.41) is 18.3. The fraction of sp³-hybridized carbons (Fsp3) is 0.562. The third-order valence-corrected chi connectivity index (χ3v) is 3.90. The number of ether oxygens (including phenoxy) is 3. The fourth-order valence-corrected chi connectivity index (χ4v) is 2.10. The van der Waals surface area contributed by atoms with Crippen LogP contribution in [0.5, 0.6) is 0 Å². The molecule has 0 amide bonds. The molecule has 142 valence electrons. The molecule has 0 aromatic heterocycles. The molecule has 0 aliphatic heterocycles. The van der Waals surface area contributed by atoms with Crippen molar-refractivity contribution < 1.29 is 38.8 Å². The standard InChI is InChI=1S/C16H24O8S/c1-3-13(19)22-10-16(9-18,11-23-14(20)4-2)12-24-15(21)5-7-25-8-6-17/h3-4,17-18H,1-2,5-12H2. The fourth-order valence-electron chi connectivity index (χ4n) is 1.46. The predicted octanol–water partition coefficient (Wildman–Crippen LogP) is 0.0823. The Kier molecular flexibility index (Phi) is 12.5. The van der Waals surface area contributed by atoms with Crippen LogP contribution in [0.25, 0.3) is 0 Å². The largest absolute Gasteiger partial charge is 0.465 e. The molecule has 2 N–H and O–H groups in total. The average Bonchev–Trinajstić information content (AvgIpc) is 2.64. The molecule has 0 aliphatic carbocycles. The zero-order valence-corrected chi connectivity index (χ0v) is 14.8. The van der Waals surface area contributed by atoms with Crippen molar-refractivity contribution in [1.82, 2.24) is 0 Å². The molecule has 0 aromatic carbocycles. The minimum Gasteiger partial charge on any atom is -0.465 e. The van der Waals surface area contributed by atoms with Crippen LogP contribution in [0.3, 0.4) is 0 Å². The van der Waals surface area contributed by atoms with Gasteiger partial charge < -0.3 is 24.4 Å². The Morgan fingerprint density at radius 1 is 0.920 bits per heavy atom. The van der Waals surface area contributed by atoms with E-state index in [1.54, 1.807) is 0 Å². The highest BCUT2D eigenvalue weighted by Crippen LogP contribution is 2.20. The number of carbonyl (C=O) groups is 3. The molecule has 25 heavy (non-hydrogen) atoms. The second-order valence-electron chi connectivity index (χ2n) is 5.03. The lowest BCUT2D eigenvalue weighted by Crippen LogP contribution is -2.42. The Balaban J connectivity index is 4.69. The van der Waals surface area contributed by atoms with E-state index >= 15 is 0 Å². The third kappa shape index (κ3) is 10.6. The van der Waals surface area contributed by atoms with Crippen molar-refractivity contribution in [2.45, 2.75) is 6.42 Å². The first kappa shape index (κ1) is 23.2. The smallest absolute Gasteiger partial charge is 0.330 e. The van der Waals surface area contributed by atoms with Crippen LogP contribution < -0.4 is 0 Å². The van der Waals surface area contributed by atoms with Crippen LogP contribution in [0, 0.1) is 5.41 Å². The molecule has 0 spiro atoms. The van der Waals surface area contributed by atoms with Gasteiger partial charge in [-0.1, -0.05) is 13.2 Å². The van der Waals surface area contributed by atoms with Gasteiger partial charge in [0.05, 0.1) is 25.0 Å². The Labute approximate surface area is 150 Å². The van der Waals surface area contributed by atoms with E-state index in [0.29, 0.717) is 11.5 Å². The molecule has 0 radical (unpaired) electrons. The Morgan fingerprint density at radius 2 is 1.44 bits per heavy atom. The normalized spacial score (nSPS) is 10.6. The first-order valence-corrected chi connectivity index (χ1v) is 8.62. The monoisotopic (exact) mass is 376 g/mol. The van der Waals surface area contributed by atoms with E-state index in [0.717, 1.165) is 12.2 Å². The molecule has 0 aliphatic rings. The van der Waals surface area contributed by atoms with Gasteiger partial charge in [-0.15, -0.1) is 0 Å². The molecular weight excluding hydrogens is 352 g/mol. The van der Waals surface area contributed by atoms with E-state index in [-0.39, 0.29) is 32.8 Å². The van der Waals surface area contributed by atoms with Crippen molar-refractivity contribution in [1.29, 1.82) is 0 Å². The number of aliphatic hydroxyl groups is 2. The summed E-state index contributed by atoms with van der Waals surface area (Å²) in [4.78, 5) is 34.2. The second kappa shape index (κ2) is 13.5. The summed E-state index contributed by atoms with van der Waals surface area (Å²) in [7, 11) is 0. The summed E-state index contributed by atoms with van der Waals surface area (Å²) < 4.78 is 14.9. The van der Waals surface area contributed by atoms with Crippen LogP contribution in [0.4, 0.5) is 0 Å². The first-order valence-electron chi connectivity index (χ1n) is 7.46. The molecule has 0 heterocycles. The number of aliphatic hydroxyl groups excluding tert-OH is 2. The van der Waals surface area contributed by atoms with Crippen molar-refractivity contribution in [2.75, 3.05) is 44.5 Å². The minimum absolute atomic E-state index is 0.0245. The summed E-state index contributed by atoms with van der Waals surface area (Å²) in [5.41, 5.74) is -1.29. The van der Waals surface area contributed by atoms with E-state index in [4.69, 9.17) is 19.3 Å². The Morgan fingerprint density at radius 3 is 1.88 bits per heavy atom. The number of esters is 3. The summed E-state index contributed by atoms with van der Waals surface area (Å²) in [6, 6.07) is 0. The second-order valence-corrected chi connectivity index (χ2v) is 6.25. The lowest BCUT2D eigenvalue weighted by atomic mass is 9.92. The van der Waals surface area contributed by atoms with E-state index in [2.05, 4.69) is 13.2 Å². The van der Waals surface area contributed by atoms with Gasteiger partial charge in [-0.3, -0.25) is 4.79 Å². The molecule has 9 heteroatoms. The molecule has 0 saturated carbocycles. The summed E-state index contributed by atoms with van der Waals surface area (Å²) >= 11 is 1.39. The average molecular weight is 376 g/mol. The number of carbonyl (C=O) groups excluding carboxylic acids is 3. The van der Waals surface area contributed by atoms with E-state index in [1.807, 2.05) is 0 Å². The zero-order valence-electron chi connectivity index (χ0n) is 14.0. The molecule has 0 atom stereocenters. The SMILES string of the molecule is C=CC(=O)OCC(CO)(COC(=O)C=C)COC(=O)CCSCCO. The van der Waals surface area contributed by atoms with Gasteiger partial charge in [0.1, 0.15) is 19.8 Å². The van der Waals surface area contributed by atoms with Gasteiger partial charge in [0.15, 0.2) is 0 Å². The molecule has 8 nitrogen and oxygen atoms in total. The summed E-state index contributed by atoms with van der Waals surface area (Å²) in [6.45, 7) is 5.03. The van der Waals surface area contributed by atoms with Crippen LogP contribution in [0.15, 0.2) is 25.3 Å². The van der Waals surface area contributed by atoms with Gasteiger partial charge in [-0.25, -0.2) is 9.59 Å². The van der Waals surface area contributed by atoms with E-state index < -0.39 is 29.9 Å². The Hall–Kier alpha value is -1.84. The molecule has 0 saturated heterocycles. The lowest BCUT2D eigenvalue weighted by molar-refractivity contribution is -0.161. The number of hydrogen-bond donors (Lipinski definition) is 2. The quantitative estimate of drug-likeness (QED) is 0.188. The van der Waals surface area contributed by atoms with E-state index in [1.165, 1.54) is 11.8 Å². The van der Waals surface area contributed by atoms with Crippen LogP contribution in [0.1, 0.15) is 6.42 Å².